The van der Waals surface area contributed by atoms with Crippen LogP contribution in [0.4, 0.5) is 0 Å². The maximum atomic E-state index is 9.85. The first-order chi connectivity index (χ1) is 5.91. The Hall–Kier alpha value is -0.450. The molecule has 0 spiro atoms. The lowest BCUT2D eigenvalue weighted by Gasteiger charge is -2.03. The van der Waals surface area contributed by atoms with Crippen molar-refractivity contribution in [2.45, 2.75) is 6.42 Å². The molecular weight excluding hydrogens is 160 g/mol. The Balaban J connectivity index is 2.77. The number of hydrogen-bond acceptors (Lipinski definition) is 4. The molecule has 0 rings (SSSR count). The molecule has 0 aliphatic rings. The minimum atomic E-state index is 0.456. The fraction of sp³-hybridized carbons (Fsp3) is 0.875. The molecule has 0 radical (unpaired) electrons. The predicted octanol–water partition coefficient (Wildman–Crippen LogP) is 0.255. The van der Waals surface area contributed by atoms with Gasteiger partial charge in [0.2, 0.25) is 0 Å². The summed E-state index contributed by atoms with van der Waals surface area (Å²) in [5.41, 5.74) is 0. The average Bonchev–Trinajstić information content (AvgIpc) is 2.10. The Labute approximate surface area is 72.8 Å². The molecule has 0 heterocycles. The van der Waals surface area contributed by atoms with Crippen LogP contribution in [-0.4, -0.2) is 46.4 Å². The van der Waals surface area contributed by atoms with Crippen LogP contribution in [0.25, 0.3) is 0 Å². The smallest absolute Gasteiger partial charge is 0.122 e. The first-order valence-electron chi connectivity index (χ1n) is 4.00. The molecular formula is C8H16O4. The maximum Gasteiger partial charge on any atom is 0.122 e. The summed E-state index contributed by atoms with van der Waals surface area (Å²) < 4.78 is 14.9. The number of carbonyl (C=O) groups is 1. The maximum absolute atomic E-state index is 9.85. The van der Waals surface area contributed by atoms with Crippen LogP contribution in [0.5, 0.6) is 0 Å². The summed E-state index contributed by atoms with van der Waals surface area (Å²) in [6.45, 7) is 2.78. The second kappa shape index (κ2) is 10.6. The molecule has 0 saturated carbocycles. The molecule has 0 atom stereocenters. The third-order valence-corrected chi connectivity index (χ3v) is 1.18. The van der Waals surface area contributed by atoms with Gasteiger partial charge >= 0.3 is 0 Å². The van der Waals surface area contributed by atoms with Gasteiger partial charge in [-0.2, -0.15) is 0 Å². The van der Waals surface area contributed by atoms with Crippen molar-refractivity contribution in [3.05, 3.63) is 0 Å². The summed E-state index contributed by atoms with van der Waals surface area (Å²) in [4.78, 5) is 9.85. The lowest BCUT2D eigenvalue weighted by atomic mass is 10.5. The molecule has 0 unspecified atom stereocenters. The summed E-state index contributed by atoms with van der Waals surface area (Å²) in [5, 5.41) is 0. The lowest BCUT2D eigenvalue weighted by Crippen LogP contribution is -2.08. The normalized spacial score (nSPS) is 10.1. The second-order valence-corrected chi connectivity index (χ2v) is 2.17. The highest BCUT2D eigenvalue weighted by molar-refractivity contribution is 5.49. The van der Waals surface area contributed by atoms with E-state index in [0.29, 0.717) is 39.5 Å². The average molecular weight is 176 g/mol. The van der Waals surface area contributed by atoms with Crippen molar-refractivity contribution in [3.8, 4) is 0 Å². The highest BCUT2D eigenvalue weighted by atomic mass is 16.5. The first kappa shape index (κ1) is 11.6. The van der Waals surface area contributed by atoms with E-state index >= 15 is 0 Å². The zero-order valence-corrected chi connectivity index (χ0v) is 7.45. The fourth-order valence-corrected chi connectivity index (χ4v) is 0.596. The van der Waals surface area contributed by atoms with Gasteiger partial charge in [0, 0.05) is 13.5 Å². The Kier molecular flexibility index (Phi) is 10.2. The van der Waals surface area contributed by atoms with E-state index in [1.807, 2.05) is 0 Å². The summed E-state index contributed by atoms with van der Waals surface area (Å²) >= 11 is 0. The highest BCUT2D eigenvalue weighted by Crippen LogP contribution is 1.81. The van der Waals surface area contributed by atoms with Crippen LogP contribution in [0.1, 0.15) is 6.42 Å². The molecule has 72 valence electrons. The van der Waals surface area contributed by atoms with E-state index in [2.05, 4.69) is 0 Å². The van der Waals surface area contributed by atoms with Crippen LogP contribution in [0.2, 0.25) is 0 Å². The van der Waals surface area contributed by atoms with Crippen LogP contribution < -0.4 is 0 Å². The second-order valence-electron chi connectivity index (χ2n) is 2.17. The van der Waals surface area contributed by atoms with Crippen LogP contribution in [0.15, 0.2) is 0 Å². The van der Waals surface area contributed by atoms with E-state index in [1.165, 1.54) is 0 Å². The minimum Gasteiger partial charge on any atom is -0.382 e. The summed E-state index contributed by atoms with van der Waals surface area (Å²) in [6.07, 6.45) is 1.30. The fourth-order valence-electron chi connectivity index (χ4n) is 0.596. The Bertz CT molecular complexity index is 95.1. The van der Waals surface area contributed by atoms with Gasteiger partial charge in [0.15, 0.2) is 0 Å². The van der Waals surface area contributed by atoms with Gasteiger partial charge < -0.3 is 19.0 Å². The van der Waals surface area contributed by atoms with Gasteiger partial charge in [0.1, 0.15) is 6.29 Å². The molecule has 4 heteroatoms. The van der Waals surface area contributed by atoms with Gasteiger partial charge in [-0.3, -0.25) is 0 Å². The standard InChI is InChI=1S/C8H16O4/c1-10-5-6-12-8-7-11-4-2-3-9/h3H,2,4-8H2,1H3. The number of aldehydes is 1. The van der Waals surface area contributed by atoms with E-state index < -0.39 is 0 Å². The number of carbonyl (C=O) groups excluding carboxylic acids is 1. The molecule has 0 aromatic heterocycles. The minimum absolute atomic E-state index is 0.456. The van der Waals surface area contributed by atoms with Crippen LogP contribution in [-0.2, 0) is 19.0 Å². The molecule has 0 aromatic carbocycles. The van der Waals surface area contributed by atoms with Gasteiger partial charge in [-0.25, -0.2) is 0 Å². The van der Waals surface area contributed by atoms with Crippen LogP contribution in [0.3, 0.4) is 0 Å². The quantitative estimate of drug-likeness (QED) is 0.373. The molecule has 0 bridgehead atoms. The molecule has 0 aromatic rings. The van der Waals surface area contributed by atoms with Crippen molar-refractivity contribution in [2.75, 3.05) is 40.1 Å². The topological polar surface area (TPSA) is 44.8 Å². The van der Waals surface area contributed by atoms with Crippen LogP contribution >= 0.6 is 0 Å². The van der Waals surface area contributed by atoms with Crippen LogP contribution in [0, 0.1) is 0 Å². The summed E-state index contributed by atoms with van der Waals surface area (Å²) in [5.74, 6) is 0. The number of rotatable bonds is 9. The van der Waals surface area contributed by atoms with Gasteiger partial charge in [-0.15, -0.1) is 0 Å². The highest BCUT2D eigenvalue weighted by Gasteiger charge is 1.88. The number of ether oxygens (including phenoxy) is 3. The molecule has 4 nitrogen and oxygen atoms in total. The molecule has 0 aliphatic heterocycles. The van der Waals surface area contributed by atoms with E-state index in [-0.39, 0.29) is 0 Å². The van der Waals surface area contributed by atoms with Crippen molar-refractivity contribution < 1.29 is 19.0 Å². The van der Waals surface area contributed by atoms with E-state index in [0.717, 1.165) is 6.29 Å². The molecule has 0 saturated heterocycles. The van der Waals surface area contributed by atoms with Crippen molar-refractivity contribution in [2.24, 2.45) is 0 Å². The zero-order valence-electron chi connectivity index (χ0n) is 7.45. The third kappa shape index (κ3) is 9.55. The van der Waals surface area contributed by atoms with Crippen molar-refractivity contribution >= 4 is 6.29 Å². The zero-order chi connectivity index (χ0) is 9.07. The largest absolute Gasteiger partial charge is 0.382 e. The molecule has 0 amide bonds. The SMILES string of the molecule is COCCOCCOCCC=O. The Morgan fingerprint density at radius 2 is 1.58 bits per heavy atom. The van der Waals surface area contributed by atoms with E-state index in [1.54, 1.807) is 7.11 Å². The van der Waals surface area contributed by atoms with Gasteiger partial charge in [0.25, 0.3) is 0 Å². The summed E-state index contributed by atoms with van der Waals surface area (Å²) in [7, 11) is 1.63. The van der Waals surface area contributed by atoms with Gasteiger partial charge in [0.05, 0.1) is 33.0 Å². The van der Waals surface area contributed by atoms with Gasteiger partial charge in [-0.1, -0.05) is 0 Å². The first-order valence-corrected chi connectivity index (χ1v) is 4.00. The third-order valence-electron chi connectivity index (χ3n) is 1.18. The van der Waals surface area contributed by atoms with E-state index in [4.69, 9.17) is 14.2 Å². The van der Waals surface area contributed by atoms with E-state index in [9.17, 15) is 4.79 Å². The summed E-state index contributed by atoms with van der Waals surface area (Å²) in [6, 6.07) is 0. The molecule has 12 heavy (non-hydrogen) atoms. The molecule has 0 aliphatic carbocycles. The van der Waals surface area contributed by atoms with Crippen molar-refractivity contribution in [1.82, 2.24) is 0 Å². The number of methoxy groups -OCH3 is 1. The predicted molar refractivity (Wildman–Crippen MR) is 44.2 cm³/mol. The lowest BCUT2D eigenvalue weighted by molar-refractivity contribution is -0.108. The molecule has 0 N–H and O–H groups in total. The van der Waals surface area contributed by atoms with Crippen molar-refractivity contribution in [3.63, 3.8) is 0 Å². The monoisotopic (exact) mass is 176 g/mol. The number of hydrogen-bond donors (Lipinski definition) is 0. The van der Waals surface area contributed by atoms with Crippen molar-refractivity contribution in [1.29, 1.82) is 0 Å². The van der Waals surface area contributed by atoms with Gasteiger partial charge in [-0.05, 0) is 0 Å². The molecule has 0 fully saturated rings. The Morgan fingerprint density at radius 3 is 2.17 bits per heavy atom. The Morgan fingerprint density at radius 1 is 1.00 bits per heavy atom.